The summed E-state index contributed by atoms with van der Waals surface area (Å²) in [6.07, 6.45) is 84.2. The SMILES string of the molecule is CCCCCCCCCCCCOc1ccc(/C=C\Sc2nc(S/C=C\c3ccc(OCCCCCCCCCCCC)c(OCCCCCCCCCCCC)c3)nc(S/C=C/c3ccc(OCCCCCCCCCCCC)c(OCCCCCCCCCCCC)c3)n2)cc1OCCCCCCCCCCCC. The van der Waals surface area contributed by atoms with E-state index in [0.717, 1.165) is 89.7 Å². The van der Waals surface area contributed by atoms with Gasteiger partial charge in [0.1, 0.15) is 0 Å². The zero-order valence-corrected chi connectivity index (χ0v) is 74.8. The van der Waals surface area contributed by atoms with Crippen molar-refractivity contribution in [1.29, 1.82) is 0 Å². The number of benzene rings is 3. The number of hydrogen-bond acceptors (Lipinski definition) is 12. The van der Waals surface area contributed by atoms with Gasteiger partial charge < -0.3 is 28.4 Å². The van der Waals surface area contributed by atoms with E-state index in [1.165, 1.54) is 382 Å². The van der Waals surface area contributed by atoms with Gasteiger partial charge in [-0.25, -0.2) is 0 Å². The van der Waals surface area contributed by atoms with Gasteiger partial charge in [-0.3, -0.25) is 0 Å². The third-order valence-electron chi connectivity index (χ3n) is 21.3. The minimum Gasteiger partial charge on any atom is -0.490 e. The molecule has 0 saturated carbocycles. The fourth-order valence-electron chi connectivity index (χ4n) is 14.2. The van der Waals surface area contributed by atoms with Crippen LogP contribution in [0, 0.1) is 0 Å². The summed E-state index contributed by atoms with van der Waals surface area (Å²) < 4.78 is 39.3. The first-order valence-electron chi connectivity index (χ1n) is 46.9. The Morgan fingerprint density at radius 3 is 0.523 bits per heavy atom. The fraction of sp³-hybridized carbons (Fsp3) is 0.727. The molecule has 4 rings (SSSR count). The molecule has 1 aromatic heterocycles. The van der Waals surface area contributed by atoms with Gasteiger partial charge in [-0.2, -0.15) is 15.0 Å². The monoisotopic (exact) mass is 1590 g/mol. The van der Waals surface area contributed by atoms with Crippen molar-refractivity contribution in [1.82, 2.24) is 15.0 Å². The molecule has 0 radical (unpaired) electrons. The summed E-state index contributed by atoms with van der Waals surface area (Å²) in [5.74, 6) is 4.95. The third kappa shape index (κ3) is 55.9. The molecule has 0 spiro atoms. The van der Waals surface area contributed by atoms with Crippen LogP contribution in [0.3, 0.4) is 0 Å². The van der Waals surface area contributed by atoms with Crippen molar-refractivity contribution in [2.45, 2.75) is 442 Å². The van der Waals surface area contributed by atoms with Gasteiger partial charge in [0.05, 0.1) is 39.6 Å². The molecule has 111 heavy (non-hydrogen) atoms. The van der Waals surface area contributed by atoms with Crippen LogP contribution in [-0.4, -0.2) is 54.6 Å². The molecule has 0 unspecified atom stereocenters. The highest BCUT2D eigenvalue weighted by Crippen LogP contribution is 2.35. The van der Waals surface area contributed by atoms with Crippen LogP contribution < -0.4 is 28.4 Å². The van der Waals surface area contributed by atoms with Gasteiger partial charge in [-0.05, 0) is 126 Å². The normalized spacial score (nSPS) is 11.7. The van der Waals surface area contributed by atoms with E-state index in [-0.39, 0.29) is 0 Å². The quantitative estimate of drug-likeness (QED) is 0.0311. The summed E-state index contributed by atoms with van der Waals surface area (Å²) in [7, 11) is 0. The van der Waals surface area contributed by atoms with Crippen molar-refractivity contribution < 1.29 is 28.4 Å². The lowest BCUT2D eigenvalue weighted by molar-refractivity contribution is 0.258. The van der Waals surface area contributed by atoms with Crippen molar-refractivity contribution in [3.63, 3.8) is 0 Å². The Kier molecular flexibility index (Phi) is 66.6. The highest BCUT2D eigenvalue weighted by atomic mass is 32.2. The van der Waals surface area contributed by atoms with Crippen molar-refractivity contribution in [3.05, 3.63) is 87.5 Å². The van der Waals surface area contributed by atoms with Crippen LogP contribution >= 0.6 is 35.3 Å². The van der Waals surface area contributed by atoms with Crippen LogP contribution in [0.4, 0.5) is 0 Å². The van der Waals surface area contributed by atoms with E-state index in [4.69, 9.17) is 43.4 Å². The lowest BCUT2D eigenvalue weighted by Crippen LogP contribution is -2.03. The molecule has 0 aliphatic rings. The average molecular weight is 1590 g/mol. The van der Waals surface area contributed by atoms with Gasteiger partial charge in [0.15, 0.2) is 50.0 Å². The summed E-state index contributed by atoms with van der Waals surface area (Å²) in [5, 5.41) is 8.14. The molecule has 4 aromatic rings. The first-order chi connectivity index (χ1) is 55.0. The number of unbranched alkanes of at least 4 members (excludes halogenated alkanes) is 54. The number of nitrogens with zero attached hydrogens (tertiary/aromatic N) is 3. The van der Waals surface area contributed by atoms with Crippen LogP contribution in [0.15, 0.2) is 86.3 Å². The second-order valence-corrected chi connectivity index (χ2v) is 34.4. The van der Waals surface area contributed by atoms with Crippen LogP contribution in [0.5, 0.6) is 34.5 Å². The zero-order valence-electron chi connectivity index (χ0n) is 72.3. The van der Waals surface area contributed by atoms with Crippen LogP contribution in [-0.2, 0) is 0 Å². The second-order valence-electron chi connectivity index (χ2n) is 31.7. The van der Waals surface area contributed by atoms with Gasteiger partial charge >= 0.3 is 0 Å². The highest BCUT2D eigenvalue weighted by molar-refractivity contribution is 8.03. The number of rotatable bonds is 81. The van der Waals surface area contributed by atoms with Gasteiger partial charge in [0, 0.05) is 0 Å². The predicted octanol–water partition coefficient (Wildman–Crippen LogP) is 34.0. The predicted molar refractivity (Wildman–Crippen MR) is 488 cm³/mol. The highest BCUT2D eigenvalue weighted by Gasteiger charge is 2.14. The van der Waals surface area contributed by atoms with Gasteiger partial charge in [-0.15, -0.1) is 0 Å². The topological polar surface area (TPSA) is 94.1 Å². The zero-order chi connectivity index (χ0) is 78.7. The van der Waals surface area contributed by atoms with E-state index in [2.05, 4.69) is 131 Å². The molecule has 12 heteroatoms. The molecule has 0 amide bonds. The van der Waals surface area contributed by atoms with Crippen molar-refractivity contribution >= 4 is 53.5 Å². The average Bonchev–Trinajstić information content (AvgIpc) is 0.881. The van der Waals surface area contributed by atoms with Gasteiger partial charge in [-0.1, -0.05) is 442 Å². The van der Waals surface area contributed by atoms with Crippen molar-refractivity contribution in [3.8, 4) is 34.5 Å². The smallest absolute Gasteiger partial charge is 0.196 e. The first-order valence-corrected chi connectivity index (χ1v) is 49.6. The minimum absolute atomic E-state index is 0.625. The molecule has 0 atom stereocenters. The second kappa shape index (κ2) is 74.6. The third-order valence-corrected chi connectivity index (χ3v) is 23.3. The standard InChI is InChI=1S/C99H165N3O6S3/c1-7-13-19-25-31-37-43-49-55-61-76-103-91-70-67-88(85-94(91)106-79-64-58-52-46-40-34-28-22-16-10-4)73-82-109-97-100-98(110-83-74-89-68-71-92(104-77-62-56-50-44-38-32-26-20-14-8-2)95(86-89)107-80-65-59-53-47-41-35-29-23-17-11-5)102-99(101-97)111-84-75-90-69-72-93(105-78-63-57-51-45-39-33-27-21-15-9-3)96(87-90)108-81-66-60-54-48-42-36-30-24-18-12-6/h67-75,82-87H,7-66,76-81H2,1-6H3/b82-73-,83-74-,84-75+. The van der Waals surface area contributed by atoms with Gasteiger partial charge in [0.2, 0.25) is 0 Å². The lowest BCUT2D eigenvalue weighted by Gasteiger charge is -2.14. The lowest BCUT2D eigenvalue weighted by atomic mass is 10.1. The maximum atomic E-state index is 6.60. The largest absolute Gasteiger partial charge is 0.490 e. The van der Waals surface area contributed by atoms with Crippen LogP contribution in [0.1, 0.15) is 443 Å². The van der Waals surface area contributed by atoms with E-state index in [1.54, 1.807) is 0 Å². The maximum absolute atomic E-state index is 6.60. The molecule has 0 fully saturated rings. The Labute approximate surface area is 696 Å². The molecule has 0 aliphatic heterocycles. The molecule has 0 bridgehead atoms. The summed E-state index contributed by atoms with van der Waals surface area (Å²) in [4.78, 5) is 15.2. The molecular weight excluding hydrogens is 1420 g/mol. The summed E-state index contributed by atoms with van der Waals surface area (Å²) in [6, 6.07) is 19.1. The molecular formula is C99H165N3O6S3. The number of hydrogen-bond donors (Lipinski definition) is 0. The van der Waals surface area contributed by atoms with E-state index in [0.29, 0.717) is 55.1 Å². The Morgan fingerprint density at radius 1 is 0.198 bits per heavy atom. The fourth-order valence-corrected chi connectivity index (χ4v) is 16.3. The Hall–Kier alpha value is -4.26. The van der Waals surface area contributed by atoms with E-state index < -0.39 is 0 Å². The Balaban J connectivity index is 1.56. The van der Waals surface area contributed by atoms with Crippen molar-refractivity contribution in [2.75, 3.05) is 39.6 Å². The molecule has 3 aromatic carbocycles. The minimum atomic E-state index is 0.625. The summed E-state index contributed by atoms with van der Waals surface area (Å²) in [6.45, 7) is 17.9. The number of thioether (sulfide) groups is 3. The van der Waals surface area contributed by atoms with Gasteiger partial charge in [0.25, 0.3) is 0 Å². The van der Waals surface area contributed by atoms with Crippen LogP contribution in [0.25, 0.3) is 18.2 Å². The Bertz CT molecular complexity index is 2540. The molecule has 1 heterocycles. The molecule has 0 aliphatic carbocycles. The molecule has 0 saturated heterocycles. The van der Waals surface area contributed by atoms with E-state index in [9.17, 15) is 0 Å². The molecule has 9 nitrogen and oxygen atoms in total. The summed E-state index contributed by atoms with van der Waals surface area (Å²) >= 11 is 4.51. The number of ether oxygens (including phenoxy) is 6. The maximum Gasteiger partial charge on any atom is 0.196 e. The number of aromatic nitrogens is 3. The molecule has 0 N–H and O–H groups in total. The molecule has 630 valence electrons. The van der Waals surface area contributed by atoms with E-state index in [1.807, 2.05) is 0 Å². The van der Waals surface area contributed by atoms with Crippen molar-refractivity contribution in [2.24, 2.45) is 0 Å². The Morgan fingerprint density at radius 2 is 0.351 bits per heavy atom. The summed E-state index contributed by atoms with van der Waals surface area (Å²) in [5.41, 5.74) is 3.13. The van der Waals surface area contributed by atoms with Crippen LogP contribution in [0.2, 0.25) is 0 Å². The first kappa shape index (κ1) is 99.1. The van der Waals surface area contributed by atoms with E-state index >= 15 is 0 Å².